The van der Waals surface area contributed by atoms with E-state index in [2.05, 4.69) is 15.2 Å². The quantitative estimate of drug-likeness (QED) is 0.679. The van der Waals surface area contributed by atoms with E-state index in [1.165, 1.54) is 26.8 Å². The Bertz CT molecular complexity index is 1020. The zero-order valence-electron chi connectivity index (χ0n) is 16.9. The summed E-state index contributed by atoms with van der Waals surface area (Å²) >= 11 is 0. The molecule has 1 aromatic carbocycles. The van der Waals surface area contributed by atoms with Gasteiger partial charge in [0.2, 0.25) is 15.9 Å². The third kappa shape index (κ3) is 4.78. The SMILES string of the molecule is Cc1noc(C)c1S(=O)(=O)N[C@@H](C)C(=O)NCC1CCN(c2ccc(F)c(F)c2)C1. The smallest absolute Gasteiger partial charge is 0.246 e. The molecule has 1 aromatic heterocycles. The minimum absolute atomic E-state index is 0.0693. The molecular weight excluding hydrogens is 418 g/mol. The molecule has 2 heterocycles. The third-order valence-electron chi connectivity index (χ3n) is 5.08. The Morgan fingerprint density at radius 2 is 2.07 bits per heavy atom. The molecule has 8 nitrogen and oxygen atoms in total. The highest BCUT2D eigenvalue weighted by molar-refractivity contribution is 7.89. The van der Waals surface area contributed by atoms with Crippen LogP contribution in [0, 0.1) is 31.4 Å². The van der Waals surface area contributed by atoms with E-state index < -0.39 is 33.6 Å². The molecule has 2 aromatic rings. The zero-order chi connectivity index (χ0) is 22.1. The molecule has 1 saturated heterocycles. The van der Waals surface area contributed by atoms with Crippen LogP contribution in [0.5, 0.6) is 0 Å². The number of anilines is 1. The number of sulfonamides is 1. The van der Waals surface area contributed by atoms with Gasteiger partial charge in [-0.3, -0.25) is 4.79 Å². The molecule has 0 bridgehead atoms. The number of halogens is 2. The van der Waals surface area contributed by atoms with Gasteiger partial charge >= 0.3 is 0 Å². The standard InChI is InChI=1S/C19H24F2N4O4S/c1-11-18(13(3)29-23-11)30(27,28)24-12(2)19(26)22-9-14-6-7-25(10-14)15-4-5-16(20)17(21)8-15/h4-5,8,12,14,24H,6-7,9-10H2,1-3H3,(H,22,26)/t12-,14?/m0/s1. The fraction of sp³-hybridized carbons (Fsp3) is 0.474. The summed E-state index contributed by atoms with van der Waals surface area (Å²) in [6.07, 6.45) is 0.762. The van der Waals surface area contributed by atoms with Crippen molar-refractivity contribution in [3.8, 4) is 0 Å². The molecule has 3 rings (SSSR count). The van der Waals surface area contributed by atoms with Crippen molar-refractivity contribution in [1.29, 1.82) is 0 Å². The first-order valence-corrected chi connectivity index (χ1v) is 11.0. The number of carbonyl (C=O) groups is 1. The van der Waals surface area contributed by atoms with Crippen LogP contribution in [0.1, 0.15) is 24.8 Å². The Kier molecular flexibility index (Phi) is 6.41. The second-order valence-corrected chi connectivity index (χ2v) is 9.09. The lowest BCUT2D eigenvalue weighted by molar-refractivity contribution is -0.122. The lowest BCUT2D eigenvalue weighted by Crippen LogP contribution is -2.46. The molecule has 0 spiro atoms. The highest BCUT2D eigenvalue weighted by Crippen LogP contribution is 2.25. The van der Waals surface area contributed by atoms with Crippen LogP contribution >= 0.6 is 0 Å². The summed E-state index contributed by atoms with van der Waals surface area (Å²) in [4.78, 5) is 14.2. The first-order valence-electron chi connectivity index (χ1n) is 9.51. The van der Waals surface area contributed by atoms with Crippen LogP contribution in [0.4, 0.5) is 14.5 Å². The number of hydrogen-bond donors (Lipinski definition) is 2. The van der Waals surface area contributed by atoms with Crippen LogP contribution in [-0.2, 0) is 14.8 Å². The van der Waals surface area contributed by atoms with Crippen molar-refractivity contribution >= 4 is 21.6 Å². The van der Waals surface area contributed by atoms with Crippen LogP contribution in [0.25, 0.3) is 0 Å². The minimum atomic E-state index is -3.95. The van der Waals surface area contributed by atoms with Gasteiger partial charge in [0.05, 0.1) is 6.04 Å². The number of rotatable bonds is 7. The van der Waals surface area contributed by atoms with Crippen molar-refractivity contribution in [2.24, 2.45) is 5.92 Å². The molecule has 1 unspecified atom stereocenters. The molecule has 1 aliphatic heterocycles. The summed E-state index contributed by atoms with van der Waals surface area (Å²) in [5, 5.41) is 6.37. The maximum Gasteiger partial charge on any atom is 0.246 e. The van der Waals surface area contributed by atoms with Crippen LogP contribution in [-0.4, -0.2) is 45.2 Å². The highest BCUT2D eigenvalue weighted by Gasteiger charge is 2.29. The molecule has 1 amide bonds. The molecule has 2 atom stereocenters. The van der Waals surface area contributed by atoms with Crippen molar-refractivity contribution < 1.29 is 26.5 Å². The molecule has 2 N–H and O–H groups in total. The average Bonchev–Trinajstić information content (AvgIpc) is 3.28. The van der Waals surface area contributed by atoms with Crippen LogP contribution in [0.3, 0.4) is 0 Å². The molecule has 1 aliphatic rings. The minimum Gasteiger partial charge on any atom is -0.371 e. The zero-order valence-corrected chi connectivity index (χ0v) is 17.7. The third-order valence-corrected chi connectivity index (χ3v) is 6.87. The molecular formula is C19H24F2N4O4S. The molecule has 0 aliphatic carbocycles. The summed E-state index contributed by atoms with van der Waals surface area (Å²) in [5.74, 6) is -2.00. The van der Waals surface area contributed by atoms with Crippen LogP contribution in [0.15, 0.2) is 27.6 Å². The van der Waals surface area contributed by atoms with Gasteiger partial charge in [0.1, 0.15) is 10.6 Å². The predicted molar refractivity (Wildman–Crippen MR) is 105 cm³/mol. The summed E-state index contributed by atoms with van der Waals surface area (Å²) in [7, 11) is -3.95. The second kappa shape index (κ2) is 8.68. The van der Waals surface area contributed by atoms with E-state index in [-0.39, 0.29) is 22.3 Å². The van der Waals surface area contributed by atoms with E-state index in [4.69, 9.17) is 4.52 Å². The molecule has 0 saturated carbocycles. The van der Waals surface area contributed by atoms with Gasteiger partial charge in [-0.2, -0.15) is 4.72 Å². The first kappa shape index (κ1) is 22.2. The van der Waals surface area contributed by atoms with Crippen molar-refractivity contribution in [3.05, 3.63) is 41.3 Å². The Balaban J connectivity index is 1.52. The monoisotopic (exact) mass is 442 g/mol. The van der Waals surface area contributed by atoms with Crippen molar-refractivity contribution in [2.75, 3.05) is 24.5 Å². The highest BCUT2D eigenvalue weighted by atomic mass is 32.2. The Morgan fingerprint density at radius 1 is 1.33 bits per heavy atom. The largest absolute Gasteiger partial charge is 0.371 e. The normalized spacial score (nSPS) is 17.9. The van der Waals surface area contributed by atoms with E-state index in [9.17, 15) is 22.0 Å². The molecule has 164 valence electrons. The number of amides is 1. The summed E-state index contributed by atoms with van der Waals surface area (Å²) in [6, 6.07) is 2.77. The first-order chi connectivity index (χ1) is 14.1. The van der Waals surface area contributed by atoms with Gasteiger partial charge in [0, 0.05) is 31.4 Å². The number of benzene rings is 1. The van der Waals surface area contributed by atoms with Gasteiger partial charge < -0.3 is 14.7 Å². The number of aromatic nitrogens is 1. The van der Waals surface area contributed by atoms with E-state index >= 15 is 0 Å². The van der Waals surface area contributed by atoms with Gasteiger partial charge in [-0.15, -0.1) is 0 Å². The molecule has 1 fully saturated rings. The second-order valence-electron chi connectivity index (χ2n) is 7.44. The number of carbonyl (C=O) groups excluding carboxylic acids is 1. The lowest BCUT2D eigenvalue weighted by Gasteiger charge is -2.19. The van der Waals surface area contributed by atoms with Crippen LogP contribution in [0.2, 0.25) is 0 Å². The van der Waals surface area contributed by atoms with Gasteiger partial charge in [-0.1, -0.05) is 5.16 Å². The average molecular weight is 442 g/mol. The number of nitrogens with zero attached hydrogens (tertiary/aromatic N) is 2. The maximum absolute atomic E-state index is 13.4. The van der Waals surface area contributed by atoms with E-state index in [1.54, 1.807) is 0 Å². The Morgan fingerprint density at radius 3 is 2.70 bits per heavy atom. The molecule has 11 heteroatoms. The number of hydrogen-bond acceptors (Lipinski definition) is 6. The van der Waals surface area contributed by atoms with Crippen molar-refractivity contribution in [2.45, 2.75) is 38.1 Å². The Hall–Kier alpha value is -2.53. The van der Waals surface area contributed by atoms with Crippen molar-refractivity contribution in [3.63, 3.8) is 0 Å². The predicted octanol–water partition coefficient (Wildman–Crippen LogP) is 1.88. The van der Waals surface area contributed by atoms with Gasteiger partial charge in [0.15, 0.2) is 17.4 Å². The summed E-state index contributed by atoms with van der Waals surface area (Å²) in [6.45, 7) is 6.01. The van der Waals surface area contributed by atoms with E-state index in [0.717, 1.165) is 18.6 Å². The summed E-state index contributed by atoms with van der Waals surface area (Å²) < 4.78 is 58.8. The maximum atomic E-state index is 13.4. The van der Waals surface area contributed by atoms with Crippen molar-refractivity contribution in [1.82, 2.24) is 15.2 Å². The summed E-state index contributed by atoms with van der Waals surface area (Å²) in [5.41, 5.74) is 0.805. The fourth-order valence-electron chi connectivity index (χ4n) is 3.52. The topological polar surface area (TPSA) is 105 Å². The van der Waals surface area contributed by atoms with Gasteiger partial charge in [-0.05, 0) is 45.2 Å². The molecule has 0 radical (unpaired) electrons. The molecule has 30 heavy (non-hydrogen) atoms. The van der Waals surface area contributed by atoms with E-state index in [1.807, 2.05) is 4.90 Å². The van der Waals surface area contributed by atoms with E-state index in [0.29, 0.717) is 25.3 Å². The van der Waals surface area contributed by atoms with Crippen LogP contribution < -0.4 is 14.9 Å². The van der Waals surface area contributed by atoms with Gasteiger partial charge in [0.25, 0.3) is 0 Å². The number of nitrogens with one attached hydrogen (secondary N) is 2. The number of aryl methyl sites for hydroxylation is 2. The lowest BCUT2D eigenvalue weighted by atomic mass is 10.1. The van der Waals surface area contributed by atoms with Gasteiger partial charge in [-0.25, -0.2) is 17.2 Å². The fourth-order valence-corrected chi connectivity index (χ4v) is 5.05. The Labute approximate surface area is 173 Å².